The van der Waals surface area contributed by atoms with Crippen molar-refractivity contribution in [1.29, 1.82) is 0 Å². The first-order valence-corrected chi connectivity index (χ1v) is 5.25. The van der Waals surface area contributed by atoms with E-state index in [0.717, 1.165) is 29.9 Å². The topological polar surface area (TPSA) is 9.23 Å². The number of para-hydroxylation sites is 1. The highest BCUT2D eigenvalue weighted by Gasteiger charge is 2.11. The van der Waals surface area contributed by atoms with Crippen molar-refractivity contribution in [1.82, 2.24) is 0 Å². The van der Waals surface area contributed by atoms with Gasteiger partial charge < -0.3 is 9.22 Å². The third-order valence-electron chi connectivity index (χ3n) is 2.33. The second-order valence-corrected chi connectivity index (χ2v) is 4.29. The third-order valence-corrected chi connectivity index (χ3v) is 2.33. The molecule has 15 heavy (non-hydrogen) atoms. The van der Waals surface area contributed by atoms with Gasteiger partial charge in [0.2, 0.25) is 0 Å². The summed E-state index contributed by atoms with van der Waals surface area (Å²) in [5.41, 5.74) is 0. The highest BCUT2D eigenvalue weighted by Crippen LogP contribution is 2.08. The van der Waals surface area contributed by atoms with E-state index < -0.39 is 0 Å². The van der Waals surface area contributed by atoms with Gasteiger partial charge >= 0.3 is 0 Å². The quantitative estimate of drug-likeness (QED) is 0.513. The van der Waals surface area contributed by atoms with Gasteiger partial charge in [0.25, 0.3) is 0 Å². The first-order chi connectivity index (χ1) is 7.14. The van der Waals surface area contributed by atoms with Crippen LogP contribution in [0.15, 0.2) is 43.0 Å². The lowest BCUT2D eigenvalue weighted by Crippen LogP contribution is -2.42. The minimum Gasteiger partial charge on any atom is -0.488 e. The molecular weight excluding hydrogens is 186 g/mol. The Balaban J connectivity index is 2.30. The Hall–Kier alpha value is -1.28. The summed E-state index contributed by atoms with van der Waals surface area (Å²) >= 11 is 0. The Bertz CT molecular complexity index is 293. The molecule has 1 rings (SSSR count). The fourth-order valence-electron chi connectivity index (χ4n) is 1.37. The number of rotatable bonds is 6. The molecule has 1 aromatic rings. The van der Waals surface area contributed by atoms with Crippen LogP contribution >= 0.6 is 0 Å². The first kappa shape index (κ1) is 11.8. The van der Waals surface area contributed by atoms with E-state index in [2.05, 4.69) is 20.7 Å². The number of hydrogen-bond acceptors (Lipinski definition) is 1. The van der Waals surface area contributed by atoms with E-state index in [4.69, 9.17) is 4.74 Å². The van der Waals surface area contributed by atoms with Gasteiger partial charge in [0.15, 0.2) is 0 Å². The van der Waals surface area contributed by atoms with Crippen LogP contribution in [0.1, 0.15) is 0 Å². The molecule has 0 N–H and O–H groups in total. The molecule has 82 valence electrons. The van der Waals surface area contributed by atoms with Gasteiger partial charge in [0.05, 0.1) is 20.6 Å². The molecule has 0 atom stereocenters. The molecule has 0 saturated carbocycles. The van der Waals surface area contributed by atoms with E-state index in [1.165, 1.54) is 0 Å². The highest BCUT2D eigenvalue weighted by atomic mass is 16.5. The molecule has 0 radical (unpaired) electrons. The van der Waals surface area contributed by atoms with Gasteiger partial charge in [-0.15, -0.1) is 0 Å². The average Bonchev–Trinajstić information content (AvgIpc) is 2.19. The maximum Gasteiger partial charge on any atom is 0.137 e. The van der Waals surface area contributed by atoms with Crippen LogP contribution in [0, 0.1) is 0 Å². The monoisotopic (exact) mass is 206 g/mol. The number of nitrogens with zero attached hydrogens (tertiary/aromatic N) is 1. The van der Waals surface area contributed by atoms with Gasteiger partial charge in [-0.1, -0.05) is 24.8 Å². The second-order valence-electron chi connectivity index (χ2n) is 4.29. The number of benzene rings is 1. The summed E-state index contributed by atoms with van der Waals surface area (Å²) in [5, 5.41) is 0. The normalized spacial score (nSPS) is 11.1. The van der Waals surface area contributed by atoms with Crippen LogP contribution < -0.4 is 4.74 Å². The van der Waals surface area contributed by atoms with Crippen LogP contribution in [-0.4, -0.2) is 38.3 Å². The number of ether oxygens (including phenoxy) is 1. The van der Waals surface area contributed by atoms with E-state index in [1.807, 2.05) is 36.4 Å². The zero-order valence-electron chi connectivity index (χ0n) is 9.65. The molecule has 0 spiro atoms. The Kier molecular flexibility index (Phi) is 4.37. The Morgan fingerprint density at radius 1 is 1.27 bits per heavy atom. The van der Waals surface area contributed by atoms with Gasteiger partial charge in [0, 0.05) is 0 Å². The average molecular weight is 206 g/mol. The summed E-state index contributed by atoms with van der Waals surface area (Å²) < 4.78 is 6.55. The van der Waals surface area contributed by atoms with Crippen molar-refractivity contribution in [3.63, 3.8) is 0 Å². The minimum atomic E-state index is 0.741. The van der Waals surface area contributed by atoms with Crippen LogP contribution in [0.25, 0.3) is 0 Å². The Morgan fingerprint density at radius 3 is 2.53 bits per heavy atom. The zero-order chi connectivity index (χ0) is 11.1. The van der Waals surface area contributed by atoms with Gasteiger partial charge in [0.1, 0.15) is 18.9 Å². The summed E-state index contributed by atoms with van der Waals surface area (Å²) in [5.74, 6) is 0.941. The standard InChI is InChI=1S/C13H20NO/c1-4-10-14(2,3)11-12-15-13-8-6-5-7-9-13/h4-9H,1,10-12H2,2-3H3/q+1. The molecule has 2 heteroatoms. The van der Waals surface area contributed by atoms with Crippen molar-refractivity contribution in [2.45, 2.75) is 0 Å². The molecule has 0 aromatic heterocycles. The van der Waals surface area contributed by atoms with Crippen molar-refractivity contribution in [3.05, 3.63) is 43.0 Å². The van der Waals surface area contributed by atoms with Crippen LogP contribution in [0.5, 0.6) is 5.75 Å². The zero-order valence-corrected chi connectivity index (χ0v) is 9.65. The van der Waals surface area contributed by atoms with E-state index in [-0.39, 0.29) is 0 Å². The predicted octanol–water partition coefficient (Wildman–Crippen LogP) is 2.33. The van der Waals surface area contributed by atoms with Crippen LogP contribution in [0.3, 0.4) is 0 Å². The summed E-state index contributed by atoms with van der Waals surface area (Å²) in [6.07, 6.45) is 1.95. The molecule has 0 heterocycles. The molecule has 0 aliphatic carbocycles. The smallest absolute Gasteiger partial charge is 0.137 e. The van der Waals surface area contributed by atoms with Crippen LogP contribution in [-0.2, 0) is 0 Å². The number of likely N-dealkylation sites (N-methyl/N-ethyl adjacent to an activating group) is 1. The molecule has 0 saturated heterocycles. The summed E-state index contributed by atoms with van der Waals surface area (Å²) in [4.78, 5) is 0. The fourth-order valence-corrected chi connectivity index (χ4v) is 1.37. The molecule has 0 aliphatic heterocycles. The largest absolute Gasteiger partial charge is 0.488 e. The van der Waals surface area contributed by atoms with Crippen molar-refractivity contribution < 1.29 is 9.22 Å². The van der Waals surface area contributed by atoms with E-state index in [1.54, 1.807) is 0 Å². The van der Waals surface area contributed by atoms with Crippen molar-refractivity contribution in [2.75, 3.05) is 33.8 Å². The number of hydrogen-bond donors (Lipinski definition) is 0. The maximum atomic E-state index is 5.64. The molecule has 2 nitrogen and oxygen atoms in total. The van der Waals surface area contributed by atoms with E-state index >= 15 is 0 Å². The molecule has 0 fully saturated rings. The van der Waals surface area contributed by atoms with Crippen molar-refractivity contribution >= 4 is 0 Å². The third kappa shape index (κ3) is 4.66. The predicted molar refractivity (Wildman–Crippen MR) is 64.0 cm³/mol. The minimum absolute atomic E-state index is 0.741. The Labute approximate surface area is 92.4 Å². The molecule has 0 amide bonds. The molecule has 1 aromatic carbocycles. The van der Waals surface area contributed by atoms with Gasteiger partial charge in [-0.05, 0) is 18.2 Å². The van der Waals surface area contributed by atoms with E-state index in [9.17, 15) is 0 Å². The van der Waals surface area contributed by atoms with Crippen LogP contribution in [0.4, 0.5) is 0 Å². The SMILES string of the molecule is C=CC[N+](C)(C)CCOc1ccccc1. The van der Waals surface area contributed by atoms with Crippen molar-refractivity contribution in [2.24, 2.45) is 0 Å². The Morgan fingerprint density at radius 2 is 1.93 bits per heavy atom. The summed E-state index contributed by atoms with van der Waals surface area (Å²) in [7, 11) is 4.35. The second kappa shape index (κ2) is 5.56. The molecule has 0 bridgehead atoms. The molecule has 0 aliphatic rings. The van der Waals surface area contributed by atoms with Gasteiger partial charge in [-0.2, -0.15) is 0 Å². The lowest BCUT2D eigenvalue weighted by molar-refractivity contribution is -0.884. The highest BCUT2D eigenvalue weighted by molar-refractivity contribution is 5.20. The van der Waals surface area contributed by atoms with Gasteiger partial charge in [-0.25, -0.2) is 0 Å². The first-order valence-electron chi connectivity index (χ1n) is 5.25. The fraction of sp³-hybridized carbons (Fsp3) is 0.385. The summed E-state index contributed by atoms with van der Waals surface area (Å²) in [6.45, 7) is 6.45. The van der Waals surface area contributed by atoms with Gasteiger partial charge in [-0.3, -0.25) is 0 Å². The number of quaternary nitrogens is 1. The lowest BCUT2D eigenvalue weighted by Gasteiger charge is -2.28. The molecule has 0 unspecified atom stereocenters. The maximum absolute atomic E-state index is 5.64. The van der Waals surface area contributed by atoms with Crippen LogP contribution in [0.2, 0.25) is 0 Å². The van der Waals surface area contributed by atoms with E-state index in [0.29, 0.717) is 0 Å². The lowest BCUT2D eigenvalue weighted by atomic mass is 10.3. The summed E-state index contributed by atoms with van der Waals surface area (Å²) in [6, 6.07) is 9.92. The van der Waals surface area contributed by atoms with Crippen molar-refractivity contribution in [3.8, 4) is 5.75 Å². The molecular formula is C13H20NO+.